The van der Waals surface area contributed by atoms with Gasteiger partial charge in [-0.3, -0.25) is 0 Å². The van der Waals surface area contributed by atoms with Gasteiger partial charge >= 0.3 is 0 Å². The van der Waals surface area contributed by atoms with Crippen molar-refractivity contribution in [2.75, 3.05) is 26.3 Å². The van der Waals surface area contributed by atoms with Crippen LogP contribution in [-0.4, -0.2) is 37.5 Å². The molecule has 0 rings (SSSR count). The molecule has 0 fully saturated rings. The zero-order valence-electron chi connectivity index (χ0n) is 9.05. The third kappa shape index (κ3) is 9.80. The lowest BCUT2D eigenvalue weighted by Crippen LogP contribution is -2.24. The monoisotopic (exact) mass is 189 g/mol. The highest BCUT2D eigenvalue weighted by Crippen LogP contribution is 1.97. The van der Waals surface area contributed by atoms with Gasteiger partial charge in [-0.2, -0.15) is 0 Å². The summed E-state index contributed by atoms with van der Waals surface area (Å²) >= 11 is 0. The minimum Gasteiger partial charge on any atom is -0.396 e. The van der Waals surface area contributed by atoms with E-state index in [1.165, 1.54) is 0 Å². The Morgan fingerprint density at radius 1 is 1.23 bits per heavy atom. The van der Waals surface area contributed by atoms with Crippen LogP contribution in [0.5, 0.6) is 0 Å². The fraction of sp³-hybridized carbons (Fsp3) is 1.00. The molecule has 0 aliphatic rings. The molecule has 0 saturated carbocycles. The lowest BCUT2D eigenvalue weighted by Gasteiger charge is -2.10. The van der Waals surface area contributed by atoms with E-state index in [2.05, 4.69) is 5.32 Å². The zero-order valence-corrected chi connectivity index (χ0v) is 9.05. The molecule has 13 heavy (non-hydrogen) atoms. The summed E-state index contributed by atoms with van der Waals surface area (Å²) in [5.74, 6) is 0.401. The van der Waals surface area contributed by atoms with Crippen molar-refractivity contribution in [2.24, 2.45) is 5.92 Å². The topological polar surface area (TPSA) is 41.5 Å². The highest BCUT2D eigenvalue weighted by atomic mass is 16.5. The van der Waals surface area contributed by atoms with Crippen molar-refractivity contribution in [1.82, 2.24) is 5.32 Å². The minimum absolute atomic E-state index is 0.282. The van der Waals surface area contributed by atoms with Gasteiger partial charge in [-0.15, -0.1) is 0 Å². The van der Waals surface area contributed by atoms with Gasteiger partial charge in [0.15, 0.2) is 0 Å². The van der Waals surface area contributed by atoms with Gasteiger partial charge in [-0.25, -0.2) is 0 Å². The summed E-state index contributed by atoms with van der Waals surface area (Å²) in [7, 11) is 0. The van der Waals surface area contributed by atoms with E-state index in [0.29, 0.717) is 12.0 Å². The normalized spacial score (nSPS) is 13.6. The Hall–Kier alpha value is -0.120. The zero-order chi connectivity index (χ0) is 10.1. The van der Waals surface area contributed by atoms with Crippen molar-refractivity contribution < 1.29 is 9.84 Å². The Bertz CT molecular complexity index is 107. The van der Waals surface area contributed by atoms with Crippen molar-refractivity contribution in [3.05, 3.63) is 0 Å². The average molecular weight is 189 g/mol. The van der Waals surface area contributed by atoms with Crippen LogP contribution < -0.4 is 5.32 Å². The van der Waals surface area contributed by atoms with E-state index in [1.807, 2.05) is 20.8 Å². The number of aliphatic hydroxyl groups excluding tert-OH is 1. The molecule has 80 valence electrons. The summed E-state index contributed by atoms with van der Waals surface area (Å²) in [6.07, 6.45) is 1.34. The van der Waals surface area contributed by atoms with Crippen molar-refractivity contribution in [3.8, 4) is 0 Å². The SMILES string of the molecule is CC(C)OCCNCC[C@@H](C)CO. The van der Waals surface area contributed by atoms with E-state index < -0.39 is 0 Å². The molecule has 0 radical (unpaired) electrons. The second-order valence-corrected chi connectivity index (χ2v) is 3.75. The molecule has 0 amide bonds. The molecule has 1 atom stereocenters. The van der Waals surface area contributed by atoms with Crippen LogP contribution in [-0.2, 0) is 4.74 Å². The summed E-state index contributed by atoms with van der Waals surface area (Å²) in [6, 6.07) is 0. The molecule has 3 nitrogen and oxygen atoms in total. The van der Waals surface area contributed by atoms with Gasteiger partial charge in [0.05, 0.1) is 12.7 Å². The van der Waals surface area contributed by atoms with Gasteiger partial charge in [0.1, 0.15) is 0 Å². The summed E-state index contributed by atoms with van der Waals surface area (Å²) in [5.41, 5.74) is 0. The van der Waals surface area contributed by atoms with Crippen LogP contribution in [0.25, 0.3) is 0 Å². The fourth-order valence-corrected chi connectivity index (χ4v) is 0.932. The molecule has 0 aromatic carbocycles. The third-order valence-corrected chi connectivity index (χ3v) is 1.86. The van der Waals surface area contributed by atoms with Crippen molar-refractivity contribution >= 4 is 0 Å². The second-order valence-electron chi connectivity index (χ2n) is 3.75. The number of nitrogens with one attached hydrogen (secondary N) is 1. The maximum absolute atomic E-state index is 8.76. The van der Waals surface area contributed by atoms with E-state index in [-0.39, 0.29) is 6.61 Å². The number of ether oxygens (including phenoxy) is 1. The summed E-state index contributed by atoms with van der Waals surface area (Å²) in [4.78, 5) is 0. The van der Waals surface area contributed by atoms with Crippen LogP contribution in [0.2, 0.25) is 0 Å². The molecule has 0 heterocycles. The first kappa shape index (κ1) is 12.9. The molecule has 0 spiro atoms. The first-order chi connectivity index (χ1) is 6.16. The highest BCUT2D eigenvalue weighted by molar-refractivity contribution is 4.53. The van der Waals surface area contributed by atoms with Crippen LogP contribution in [0.1, 0.15) is 27.2 Å². The van der Waals surface area contributed by atoms with E-state index in [0.717, 1.165) is 26.1 Å². The van der Waals surface area contributed by atoms with Crippen molar-refractivity contribution in [1.29, 1.82) is 0 Å². The number of hydrogen-bond donors (Lipinski definition) is 2. The van der Waals surface area contributed by atoms with Crippen LogP contribution in [0.15, 0.2) is 0 Å². The minimum atomic E-state index is 0.282. The van der Waals surface area contributed by atoms with Crippen molar-refractivity contribution in [2.45, 2.75) is 33.3 Å². The predicted molar refractivity (Wildman–Crippen MR) is 54.8 cm³/mol. The molecule has 0 saturated heterocycles. The Balaban J connectivity index is 2.99. The number of aliphatic hydroxyl groups is 1. The van der Waals surface area contributed by atoms with E-state index in [1.54, 1.807) is 0 Å². The fourth-order valence-electron chi connectivity index (χ4n) is 0.932. The Morgan fingerprint density at radius 3 is 2.46 bits per heavy atom. The summed E-state index contributed by atoms with van der Waals surface area (Å²) in [6.45, 7) is 9.03. The first-order valence-electron chi connectivity index (χ1n) is 5.10. The van der Waals surface area contributed by atoms with E-state index in [4.69, 9.17) is 9.84 Å². The molecular formula is C10H23NO2. The lowest BCUT2D eigenvalue weighted by atomic mass is 10.1. The van der Waals surface area contributed by atoms with Crippen LogP contribution in [0, 0.1) is 5.92 Å². The van der Waals surface area contributed by atoms with Gasteiger partial charge < -0.3 is 15.2 Å². The highest BCUT2D eigenvalue weighted by Gasteiger charge is 1.98. The lowest BCUT2D eigenvalue weighted by molar-refractivity contribution is 0.0806. The summed E-state index contributed by atoms with van der Waals surface area (Å²) < 4.78 is 5.36. The molecule has 2 N–H and O–H groups in total. The Morgan fingerprint density at radius 2 is 1.92 bits per heavy atom. The largest absolute Gasteiger partial charge is 0.396 e. The van der Waals surface area contributed by atoms with Gasteiger partial charge in [-0.1, -0.05) is 6.92 Å². The van der Waals surface area contributed by atoms with E-state index >= 15 is 0 Å². The summed E-state index contributed by atoms with van der Waals surface area (Å²) in [5, 5.41) is 12.0. The number of rotatable bonds is 8. The third-order valence-electron chi connectivity index (χ3n) is 1.86. The Kier molecular flexibility index (Phi) is 8.40. The maximum Gasteiger partial charge on any atom is 0.0594 e. The van der Waals surface area contributed by atoms with Gasteiger partial charge in [0.2, 0.25) is 0 Å². The quantitative estimate of drug-likeness (QED) is 0.560. The van der Waals surface area contributed by atoms with Crippen LogP contribution in [0.4, 0.5) is 0 Å². The standard InChI is InChI=1S/C10H23NO2/c1-9(2)13-7-6-11-5-4-10(3)8-12/h9-12H,4-8H2,1-3H3/t10-/m1/s1. The van der Waals surface area contributed by atoms with Crippen LogP contribution >= 0.6 is 0 Å². The van der Waals surface area contributed by atoms with Crippen LogP contribution in [0.3, 0.4) is 0 Å². The van der Waals surface area contributed by atoms with Crippen molar-refractivity contribution in [3.63, 3.8) is 0 Å². The molecule has 0 bridgehead atoms. The van der Waals surface area contributed by atoms with E-state index in [9.17, 15) is 0 Å². The smallest absolute Gasteiger partial charge is 0.0594 e. The van der Waals surface area contributed by atoms with Gasteiger partial charge in [0.25, 0.3) is 0 Å². The molecule has 0 unspecified atom stereocenters. The van der Waals surface area contributed by atoms with Gasteiger partial charge in [-0.05, 0) is 32.7 Å². The average Bonchev–Trinajstić information content (AvgIpc) is 2.10. The molecular weight excluding hydrogens is 166 g/mol. The molecule has 0 aliphatic carbocycles. The number of hydrogen-bond acceptors (Lipinski definition) is 3. The Labute approximate surface area is 81.5 Å². The first-order valence-corrected chi connectivity index (χ1v) is 5.10. The van der Waals surface area contributed by atoms with Gasteiger partial charge in [0, 0.05) is 13.2 Å². The maximum atomic E-state index is 8.76. The second kappa shape index (κ2) is 8.48. The molecule has 0 aliphatic heterocycles. The molecule has 3 heteroatoms. The molecule has 0 aromatic rings. The predicted octanol–water partition coefficient (Wildman–Crippen LogP) is 1.02. The molecule has 0 aromatic heterocycles.